The number of halogens is 2. The first-order chi connectivity index (χ1) is 8.92. The average Bonchev–Trinajstić information content (AvgIpc) is 2.39. The molecule has 0 saturated heterocycles. The van der Waals surface area contributed by atoms with Gasteiger partial charge in [0.05, 0.1) is 23.8 Å². The molecule has 0 fully saturated rings. The van der Waals surface area contributed by atoms with E-state index in [0.29, 0.717) is 4.47 Å². The molecule has 0 bridgehead atoms. The van der Waals surface area contributed by atoms with E-state index in [-0.39, 0.29) is 17.9 Å². The van der Waals surface area contributed by atoms with E-state index in [2.05, 4.69) is 27.2 Å². The minimum atomic E-state index is -0.862. The number of methoxy groups -OCH3 is 1. The predicted molar refractivity (Wildman–Crippen MR) is 70.8 cm³/mol. The van der Waals surface area contributed by atoms with Gasteiger partial charge in [0.25, 0.3) is 0 Å². The second kappa shape index (κ2) is 6.47. The molecule has 1 aromatic carbocycles. The molecule has 0 aliphatic rings. The van der Waals surface area contributed by atoms with E-state index in [4.69, 9.17) is 4.74 Å². The zero-order valence-corrected chi connectivity index (χ0v) is 12.0. The SMILES string of the molecule is C=C(C(=O)OCC)C(=O)c1cc(Br)c(OC)cc1F. The molecular weight excluding hydrogens is 319 g/mol. The van der Waals surface area contributed by atoms with Crippen LogP contribution in [0.25, 0.3) is 0 Å². The summed E-state index contributed by atoms with van der Waals surface area (Å²) in [4.78, 5) is 23.3. The Morgan fingerprint density at radius 3 is 2.58 bits per heavy atom. The zero-order valence-electron chi connectivity index (χ0n) is 10.5. The molecule has 0 aromatic heterocycles. The lowest BCUT2D eigenvalue weighted by Crippen LogP contribution is -2.16. The molecule has 0 N–H and O–H groups in total. The van der Waals surface area contributed by atoms with Gasteiger partial charge in [-0.1, -0.05) is 6.58 Å². The molecule has 1 aromatic rings. The van der Waals surface area contributed by atoms with Gasteiger partial charge in [-0.25, -0.2) is 9.18 Å². The van der Waals surface area contributed by atoms with Crippen molar-refractivity contribution in [1.82, 2.24) is 0 Å². The molecule has 1 rings (SSSR count). The number of hydrogen-bond acceptors (Lipinski definition) is 4. The normalized spacial score (nSPS) is 9.89. The maximum absolute atomic E-state index is 13.8. The van der Waals surface area contributed by atoms with E-state index in [0.717, 1.165) is 6.07 Å². The summed E-state index contributed by atoms with van der Waals surface area (Å²) < 4.78 is 23.7. The fourth-order valence-corrected chi connectivity index (χ4v) is 1.84. The maximum Gasteiger partial charge on any atom is 0.341 e. The van der Waals surface area contributed by atoms with Gasteiger partial charge in [-0.15, -0.1) is 0 Å². The van der Waals surface area contributed by atoms with Crippen LogP contribution < -0.4 is 4.74 Å². The number of carbonyl (C=O) groups excluding carboxylic acids is 2. The summed E-state index contributed by atoms with van der Waals surface area (Å²) in [6.07, 6.45) is 0. The Labute approximate surface area is 118 Å². The first-order valence-electron chi connectivity index (χ1n) is 5.36. The highest BCUT2D eigenvalue weighted by atomic mass is 79.9. The summed E-state index contributed by atoms with van der Waals surface area (Å²) in [7, 11) is 1.37. The number of hydrogen-bond donors (Lipinski definition) is 0. The minimum absolute atomic E-state index is 0.111. The van der Waals surface area contributed by atoms with Crippen LogP contribution in [-0.4, -0.2) is 25.5 Å². The van der Waals surface area contributed by atoms with Crippen molar-refractivity contribution >= 4 is 27.7 Å². The Balaban J connectivity index is 3.10. The van der Waals surface area contributed by atoms with Crippen LogP contribution in [0.3, 0.4) is 0 Å². The van der Waals surface area contributed by atoms with Crippen LogP contribution in [0.15, 0.2) is 28.8 Å². The largest absolute Gasteiger partial charge is 0.495 e. The number of Topliss-reactive ketones (excluding diaryl/α,β-unsaturated/α-hetero) is 1. The van der Waals surface area contributed by atoms with Crippen molar-refractivity contribution < 1.29 is 23.5 Å². The quantitative estimate of drug-likeness (QED) is 0.274. The van der Waals surface area contributed by atoms with Crippen molar-refractivity contribution in [3.05, 3.63) is 40.1 Å². The van der Waals surface area contributed by atoms with E-state index in [9.17, 15) is 14.0 Å². The van der Waals surface area contributed by atoms with Crippen molar-refractivity contribution in [2.45, 2.75) is 6.92 Å². The molecule has 0 aliphatic carbocycles. The van der Waals surface area contributed by atoms with E-state index in [1.54, 1.807) is 6.92 Å². The molecule has 0 atom stereocenters. The van der Waals surface area contributed by atoms with Crippen molar-refractivity contribution in [2.75, 3.05) is 13.7 Å². The van der Waals surface area contributed by atoms with Crippen LogP contribution >= 0.6 is 15.9 Å². The third-order valence-electron chi connectivity index (χ3n) is 2.28. The lowest BCUT2D eigenvalue weighted by atomic mass is 10.0. The van der Waals surface area contributed by atoms with Gasteiger partial charge in [0.1, 0.15) is 17.1 Å². The Morgan fingerprint density at radius 1 is 1.42 bits per heavy atom. The monoisotopic (exact) mass is 330 g/mol. The molecule has 0 radical (unpaired) electrons. The Hall–Kier alpha value is -1.69. The van der Waals surface area contributed by atoms with Crippen LogP contribution in [0.1, 0.15) is 17.3 Å². The van der Waals surface area contributed by atoms with Gasteiger partial charge in [-0.2, -0.15) is 0 Å². The number of carbonyl (C=O) groups is 2. The lowest BCUT2D eigenvalue weighted by molar-refractivity contribution is -0.138. The zero-order chi connectivity index (χ0) is 14.6. The number of benzene rings is 1. The fraction of sp³-hybridized carbons (Fsp3) is 0.231. The molecule has 0 spiro atoms. The number of ether oxygens (including phenoxy) is 2. The van der Waals surface area contributed by atoms with Crippen molar-refractivity contribution in [2.24, 2.45) is 0 Å². The smallest absolute Gasteiger partial charge is 0.341 e. The summed E-state index contributed by atoms with van der Waals surface area (Å²) in [6.45, 7) is 5.03. The van der Waals surface area contributed by atoms with Crippen LogP contribution in [0.4, 0.5) is 4.39 Å². The van der Waals surface area contributed by atoms with Gasteiger partial charge >= 0.3 is 5.97 Å². The van der Waals surface area contributed by atoms with Gasteiger partial charge in [0, 0.05) is 6.07 Å². The molecule has 0 heterocycles. The third-order valence-corrected chi connectivity index (χ3v) is 2.90. The van der Waals surface area contributed by atoms with E-state index >= 15 is 0 Å². The van der Waals surface area contributed by atoms with Crippen molar-refractivity contribution in [3.63, 3.8) is 0 Å². The molecule has 0 saturated carbocycles. The molecule has 4 nitrogen and oxygen atoms in total. The van der Waals surface area contributed by atoms with Crippen LogP contribution in [0.2, 0.25) is 0 Å². The van der Waals surface area contributed by atoms with Crippen LogP contribution in [0, 0.1) is 5.82 Å². The minimum Gasteiger partial charge on any atom is -0.495 e. The molecule has 0 aliphatic heterocycles. The van der Waals surface area contributed by atoms with E-state index in [1.165, 1.54) is 13.2 Å². The van der Waals surface area contributed by atoms with Gasteiger partial charge in [-0.3, -0.25) is 4.79 Å². The van der Waals surface area contributed by atoms with E-state index in [1.807, 2.05) is 0 Å². The molecular formula is C13H12BrFO4. The van der Waals surface area contributed by atoms with Crippen molar-refractivity contribution in [1.29, 1.82) is 0 Å². The van der Waals surface area contributed by atoms with Gasteiger partial charge < -0.3 is 9.47 Å². The standard InChI is InChI=1S/C13H12BrFO4/c1-4-19-13(17)7(2)12(16)8-5-9(14)11(18-3)6-10(8)15/h5-6H,2,4H2,1,3H3. The third kappa shape index (κ3) is 3.41. The van der Waals surface area contributed by atoms with Gasteiger partial charge in [0.2, 0.25) is 5.78 Å². The maximum atomic E-state index is 13.8. The lowest BCUT2D eigenvalue weighted by Gasteiger charge is -2.08. The number of rotatable bonds is 5. The fourth-order valence-electron chi connectivity index (χ4n) is 1.33. The molecule has 0 amide bonds. The predicted octanol–water partition coefficient (Wildman–Crippen LogP) is 2.90. The first kappa shape index (κ1) is 15.4. The summed E-state index contributed by atoms with van der Waals surface area (Å²) in [5.74, 6) is -2.23. The highest BCUT2D eigenvalue weighted by Crippen LogP contribution is 2.28. The summed E-state index contributed by atoms with van der Waals surface area (Å²) >= 11 is 3.14. The van der Waals surface area contributed by atoms with E-state index < -0.39 is 23.1 Å². The van der Waals surface area contributed by atoms with Crippen LogP contribution in [-0.2, 0) is 9.53 Å². The van der Waals surface area contributed by atoms with Crippen LogP contribution in [0.5, 0.6) is 5.75 Å². The molecule has 0 unspecified atom stereocenters. The van der Waals surface area contributed by atoms with Gasteiger partial charge in [0.15, 0.2) is 0 Å². The Morgan fingerprint density at radius 2 is 2.05 bits per heavy atom. The van der Waals surface area contributed by atoms with Crippen molar-refractivity contribution in [3.8, 4) is 5.75 Å². The first-order valence-corrected chi connectivity index (χ1v) is 6.15. The highest BCUT2D eigenvalue weighted by molar-refractivity contribution is 9.10. The summed E-state index contributed by atoms with van der Waals surface area (Å²) in [5, 5.41) is 0. The summed E-state index contributed by atoms with van der Waals surface area (Å²) in [6, 6.07) is 2.29. The summed E-state index contributed by atoms with van der Waals surface area (Å²) in [5.41, 5.74) is -0.691. The second-order valence-corrected chi connectivity index (χ2v) is 4.35. The topological polar surface area (TPSA) is 52.6 Å². The molecule has 19 heavy (non-hydrogen) atoms. The Kier molecular flexibility index (Phi) is 5.23. The molecule has 102 valence electrons. The second-order valence-electron chi connectivity index (χ2n) is 3.49. The Bertz CT molecular complexity index is 540. The number of esters is 1. The number of ketones is 1. The van der Waals surface area contributed by atoms with Gasteiger partial charge in [-0.05, 0) is 28.9 Å². The average molecular weight is 331 g/mol. The highest BCUT2D eigenvalue weighted by Gasteiger charge is 2.23. The molecule has 6 heteroatoms.